The third kappa shape index (κ3) is 1.82. The summed E-state index contributed by atoms with van der Waals surface area (Å²) in [5.41, 5.74) is 1.58. The van der Waals surface area contributed by atoms with Crippen molar-refractivity contribution in [2.75, 3.05) is 0 Å². The van der Waals surface area contributed by atoms with Crippen LogP contribution in [0.25, 0.3) is 0 Å². The summed E-state index contributed by atoms with van der Waals surface area (Å²) in [5.74, 6) is 0. The fourth-order valence-electron chi connectivity index (χ4n) is 0.821. The topological polar surface area (TPSA) is 17.1 Å². The van der Waals surface area contributed by atoms with Crippen LogP contribution in [0.5, 0.6) is 0 Å². The van der Waals surface area contributed by atoms with Crippen molar-refractivity contribution in [2.24, 2.45) is 0 Å². The average Bonchev–Trinajstić information content (AvgIpc) is 1.99. The summed E-state index contributed by atoms with van der Waals surface area (Å²) in [6.07, 6.45) is 0.783. The van der Waals surface area contributed by atoms with Crippen LogP contribution in [0.2, 0.25) is 5.02 Å². The molecular weight excluding hydrogens is 227 g/mol. The van der Waals surface area contributed by atoms with Gasteiger partial charge in [0.05, 0.1) is 5.02 Å². The number of aryl methyl sites for hydroxylation is 1. The van der Waals surface area contributed by atoms with E-state index in [0.29, 0.717) is 10.6 Å². The maximum absolute atomic E-state index is 10.3. The van der Waals surface area contributed by atoms with Gasteiger partial charge in [-0.15, -0.1) is 0 Å². The van der Waals surface area contributed by atoms with Gasteiger partial charge in [-0.1, -0.05) is 11.6 Å². The van der Waals surface area contributed by atoms with Gasteiger partial charge in [0.2, 0.25) is 0 Å². The number of hydrogen-bond donors (Lipinski definition) is 0. The quantitative estimate of drug-likeness (QED) is 0.681. The van der Waals surface area contributed by atoms with Gasteiger partial charge in [-0.25, -0.2) is 0 Å². The van der Waals surface area contributed by atoms with E-state index in [1.54, 1.807) is 12.1 Å². The van der Waals surface area contributed by atoms with Crippen molar-refractivity contribution in [3.8, 4) is 0 Å². The standard InChI is InChI=1S/C8H6BrClO/c1-5-2-6(4-11)3-7(10)8(5)9/h2-4H,1H3. The number of carbonyl (C=O) groups excluding carboxylic acids is 1. The molecule has 11 heavy (non-hydrogen) atoms. The van der Waals surface area contributed by atoms with Crippen molar-refractivity contribution >= 4 is 33.8 Å². The highest BCUT2D eigenvalue weighted by Crippen LogP contribution is 2.26. The van der Waals surface area contributed by atoms with Crippen molar-refractivity contribution in [2.45, 2.75) is 6.92 Å². The van der Waals surface area contributed by atoms with Crippen LogP contribution in [0.15, 0.2) is 16.6 Å². The molecule has 0 spiro atoms. The molecule has 0 bridgehead atoms. The van der Waals surface area contributed by atoms with Crippen molar-refractivity contribution in [3.63, 3.8) is 0 Å². The SMILES string of the molecule is Cc1cc(C=O)cc(Cl)c1Br. The Kier molecular flexibility index (Phi) is 2.68. The summed E-state index contributed by atoms with van der Waals surface area (Å²) >= 11 is 9.09. The summed E-state index contributed by atoms with van der Waals surface area (Å²) in [6, 6.07) is 3.41. The molecule has 0 amide bonds. The molecule has 3 heteroatoms. The van der Waals surface area contributed by atoms with Gasteiger partial charge in [-0.05, 0) is 40.5 Å². The van der Waals surface area contributed by atoms with Gasteiger partial charge < -0.3 is 0 Å². The van der Waals surface area contributed by atoms with Crippen LogP contribution in [0, 0.1) is 6.92 Å². The minimum Gasteiger partial charge on any atom is -0.298 e. The minimum absolute atomic E-state index is 0.576. The van der Waals surface area contributed by atoms with Gasteiger partial charge in [-0.2, -0.15) is 0 Å². The van der Waals surface area contributed by atoms with E-state index >= 15 is 0 Å². The second kappa shape index (κ2) is 3.37. The molecule has 58 valence electrons. The Morgan fingerprint density at radius 1 is 1.55 bits per heavy atom. The number of aldehydes is 1. The Morgan fingerprint density at radius 2 is 2.18 bits per heavy atom. The normalized spacial score (nSPS) is 9.73. The molecule has 0 heterocycles. The monoisotopic (exact) mass is 232 g/mol. The molecule has 0 aliphatic heterocycles. The Hall–Kier alpha value is -0.340. The maximum Gasteiger partial charge on any atom is 0.150 e. The molecule has 0 saturated heterocycles. The summed E-state index contributed by atoms with van der Waals surface area (Å²) in [5, 5.41) is 0.576. The molecule has 0 unspecified atom stereocenters. The highest BCUT2D eigenvalue weighted by molar-refractivity contribution is 9.10. The lowest BCUT2D eigenvalue weighted by molar-refractivity contribution is 0.112. The third-order valence-corrected chi connectivity index (χ3v) is 2.95. The Balaban J connectivity index is 3.31. The first-order chi connectivity index (χ1) is 5.15. The van der Waals surface area contributed by atoms with Gasteiger partial charge in [-0.3, -0.25) is 4.79 Å². The lowest BCUT2D eigenvalue weighted by atomic mass is 10.2. The Bertz CT molecular complexity index is 273. The number of halogens is 2. The van der Waals surface area contributed by atoms with E-state index in [1.165, 1.54) is 0 Å². The molecule has 1 aromatic rings. The van der Waals surface area contributed by atoms with Crippen LogP contribution >= 0.6 is 27.5 Å². The zero-order valence-corrected chi connectivity index (χ0v) is 8.24. The molecule has 1 aromatic carbocycles. The van der Waals surface area contributed by atoms with E-state index in [0.717, 1.165) is 16.3 Å². The summed E-state index contributed by atoms with van der Waals surface area (Å²) < 4.78 is 0.852. The summed E-state index contributed by atoms with van der Waals surface area (Å²) in [4.78, 5) is 10.3. The van der Waals surface area contributed by atoms with Gasteiger partial charge in [0.15, 0.2) is 0 Å². The van der Waals surface area contributed by atoms with E-state index in [1.807, 2.05) is 6.92 Å². The van der Waals surface area contributed by atoms with E-state index in [4.69, 9.17) is 11.6 Å². The van der Waals surface area contributed by atoms with E-state index in [2.05, 4.69) is 15.9 Å². The maximum atomic E-state index is 10.3. The zero-order chi connectivity index (χ0) is 8.43. The number of benzene rings is 1. The molecule has 0 atom stereocenters. The van der Waals surface area contributed by atoms with Gasteiger partial charge in [0.25, 0.3) is 0 Å². The van der Waals surface area contributed by atoms with E-state index in [-0.39, 0.29) is 0 Å². The van der Waals surface area contributed by atoms with Crippen LogP contribution in [-0.2, 0) is 0 Å². The van der Waals surface area contributed by atoms with Crippen LogP contribution < -0.4 is 0 Å². The molecule has 0 saturated carbocycles. The molecule has 0 N–H and O–H groups in total. The first-order valence-corrected chi connectivity index (χ1v) is 4.23. The molecule has 1 nitrogen and oxygen atoms in total. The fourth-order valence-corrected chi connectivity index (χ4v) is 1.33. The molecule has 0 fully saturated rings. The van der Waals surface area contributed by atoms with Crippen LogP contribution in [0.4, 0.5) is 0 Å². The number of rotatable bonds is 1. The largest absolute Gasteiger partial charge is 0.298 e. The average molecular weight is 233 g/mol. The minimum atomic E-state index is 0.576. The van der Waals surface area contributed by atoms with Gasteiger partial charge in [0.1, 0.15) is 6.29 Å². The first-order valence-electron chi connectivity index (χ1n) is 3.06. The number of hydrogen-bond acceptors (Lipinski definition) is 1. The van der Waals surface area contributed by atoms with Crippen LogP contribution in [0.3, 0.4) is 0 Å². The molecule has 0 aliphatic carbocycles. The molecule has 1 rings (SSSR count). The first kappa shape index (κ1) is 8.75. The Labute approximate surface area is 78.5 Å². The third-order valence-electron chi connectivity index (χ3n) is 1.37. The zero-order valence-electron chi connectivity index (χ0n) is 5.90. The number of carbonyl (C=O) groups is 1. The predicted octanol–water partition coefficient (Wildman–Crippen LogP) is 3.22. The van der Waals surface area contributed by atoms with Crippen molar-refractivity contribution in [1.29, 1.82) is 0 Å². The predicted molar refractivity (Wildman–Crippen MR) is 49.3 cm³/mol. The second-order valence-electron chi connectivity index (χ2n) is 2.25. The Morgan fingerprint density at radius 3 is 2.64 bits per heavy atom. The second-order valence-corrected chi connectivity index (χ2v) is 3.45. The summed E-state index contributed by atoms with van der Waals surface area (Å²) in [7, 11) is 0. The summed E-state index contributed by atoms with van der Waals surface area (Å²) in [6.45, 7) is 1.89. The van der Waals surface area contributed by atoms with Gasteiger partial charge >= 0.3 is 0 Å². The molecular formula is C8H6BrClO. The molecule has 0 aromatic heterocycles. The van der Waals surface area contributed by atoms with Crippen molar-refractivity contribution in [1.82, 2.24) is 0 Å². The van der Waals surface area contributed by atoms with Crippen molar-refractivity contribution < 1.29 is 4.79 Å². The fraction of sp³-hybridized carbons (Fsp3) is 0.125. The highest BCUT2D eigenvalue weighted by Gasteiger charge is 2.01. The lowest BCUT2D eigenvalue weighted by Gasteiger charge is -2.00. The molecule has 0 aliphatic rings. The van der Waals surface area contributed by atoms with Crippen molar-refractivity contribution in [3.05, 3.63) is 32.8 Å². The van der Waals surface area contributed by atoms with E-state index in [9.17, 15) is 4.79 Å². The van der Waals surface area contributed by atoms with Crippen LogP contribution in [0.1, 0.15) is 15.9 Å². The lowest BCUT2D eigenvalue weighted by Crippen LogP contribution is -1.83. The smallest absolute Gasteiger partial charge is 0.150 e. The van der Waals surface area contributed by atoms with Gasteiger partial charge in [0, 0.05) is 10.0 Å². The van der Waals surface area contributed by atoms with E-state index < -0.39 is 0 Å². The highest BCUT2D eigenvalue weighted by atomic mass is 79.9. The van der Waals surface area contributed by atoms with Crippen LogP contribution in [-0.4, -0.2) is 6.29 Å². The molecule has 0 radical (unpaired) electrons.